The smallest absolute Gasteiger partial charge is 0.412 e. The fraction of sp³-hybridized carbons (Fsp3) is 0.618. The van der Waals surface area contributed by atoms with Crippen LogP contribution < -0.4 is 0 Å². The Kier molecular flexibility index (Phi) is 13.0. The first-order chi connectivity index (χ1) is 19.2. The van der Waals surface area contributed by atoms with Crippen LogP contribution in [0.3, 0.4) is 0 Å². The van der Waals surface area contributed by atoms with E-state index in [1.807, 2.05) is 57.2 Å². The minimum absolute atomic E-state index is 0.125. The van der Waals surface area contributed by atoms with Gasteiger partial charge in [-0.3, -0.25) is 4.90 Å². The van der Waals surface area contributed by atoms with E-state index in [4.69, 9.17) is 18.9 Å². The van der Waals surface area contributed by atoms with Crippen molar-refractivity contribution in [3.05, 3.63) is 71.8 Å². The lowest BCUT2D eigenvalue weighted by Crippen LogP contribution is -2.58. The summed E-state index contributed by atoms with van der Waals surface area (Å²) in [5.41, 5.74) is 0.594. The Bertz CT molecular complexity index is 977. The van der Waals surface area contributed by atoms with Crippen LogP contribution in [0.25, 0.3) is 0 Å². The predicted molar refractivity (Wildman–Crippen MR) is 160 cm³/mol. The number of nitrogens with zero attached hydrogens (tertiary/aromatic N) is 1. The molecule has 0 saturated heterocycles. The first kappa shape index (κ1) is 32.1. The number of amides is 1. The molecule has 0 spiro atoms. The number of hydrogen-bond donors (Lipinski definition) is 0. The molecule has 1 fully saturated rings. The highest BCUT2D eigenvalue weighted by molar-refractivity contribution is 5.69. The summed E-state index contributed by atoms with van der Waals surface area (Å²) in [4.78, 5) is 15.0. The van der Waals surface area contributed by atoms with Crippen molar-refractivity contribution in [1.29, 1.82) is 0 Å². The Labute approximate surface area is 242 Å². The Morgan fingerprint density at radius 2 is 1.40 bits per heavy atom. The van der Waals surface area contributed by atoms with Gasteiger partial charge in [0.15, 0.2) is 5.72 Å². The van der Waals surface area contributed by atoms with Crippen molar-refractivity contribution in [3.63, 3.8) is 0 Å². The molecule has 2 aromatic rings. The monoisotopic (exact) mass is 553 g/mol. The summed E-state index contributed by atoms with van der Waals surface area (Å²) in [5, 5.41) is 0. The number of carbonyl (C=O) groups excluding carboxylic acids is 1. The van der Waals surface area contributed by atoms with Crippen molar-refractivity contribution in [2.45, 2.75) is 122 Å². The molecule has 1 aliphatic rings. The molecule has 0 heterocycles. The first-order valence-electron chi connectivity index (χ1n) is 15.2. The lowest BCUT2D eigenvalue weighted by molar-refractivity contribution is -0.203. The van der Waals surface area contributed by atoms with Crippen LogP contribution in [0.15, 0.2) is 60.7 Å². The molecule has 1 amide bonds. The van der Waals surface area contributed by atoms with Gasteiger partial charge < -0.3 is 18.9 Å². The Morgan fingerprint density at radius 1 is 0.850 bits per heavy atom. The van der Waals surface area contributed by atoms with Crippen LogP contribution in [-0.2, 0) is 32.2 Å². The molecule has 3 atom stereocenters. The molecule has 222 valence electrons. The second kappa shape index (κ2) is 16.1. The summed E-state index contributed by atoms with van der Waals surface area (Å²) in [5.74, 6) is 0. The molecule has 1 aliphatic carbocycles. The summed E-state index contributed by atoms with van der Waals surface area (Å²) in [6.45, 7) is 9.38. The van der Waals surface area contributed by atoms with Crippen LogP contribution in [0.5, 0.6) is 0 Å². The molecule has 6 heteroatoms. The quantitative estimate of drug-likeness (QED) is 0.155. The van der Waals surface area contributed by atoms with Gasteiger partial charge in [0.25, 0.3) is 0 Å². The number of ether oxygens (including phenoxy) is 4. The van der Waals surface area contributed by atoms with Crippen molar-refractivity contribution in [2.75, 3.05) is 13.7 Å². The van der Waals surface area contributed by atoms with E-state index < -0.39 is 17.4 Å². The van der Waals surface area contributed by atoms with Gasteiger partial charge in [0.05, 0.1) is 19.3 Å². The average Bonchev–Trinajstić information content (AvgIpc) is 3.30. The molecule has 0 N–H and O–H groups in total. The number of rotatable bonds is 16. The van der Waals surface area contributed by atoms with E-state index in [2.05, 4.69) is 31.2 Å². The third kappa shape index (κ3) is 10.2. The minimum Gasteiger partial charge on any atom is -0.444 e. The third-order valence-corrected chi connectivity index (χ3v) is 7.46. The second-order valence-corrected chi connectivity index (χ2v) is 12.0. The maximum Gasteiger partial charge on any atom is 0.412 e. The van der Waals surface area contributed by atoms with Crippen molar-refractivity contribution in [3.8, 4) is 0 Å². The molecule has 40 heavy (non-hydrogen) atoms. The molecule has 1 saturated carbocycles. The molecular formula is C34H51NO5. The van der Waals surface area contributed by atoms with Gasteiger partial charge in [-0.2, -0.15) is 0 Å². The Balaban J connectivity index is 1.77. The molecule has 0 unspecified atom stereocenters. The topological polar surface area (TPSA) is 57.2 Å². The van der Waals surface area contributed by atoms with E-state index in [1.165, 1.54) is 32.1 Å². The zero-order valence-corrected chi connectivity index (χ0v) is 25.4. The van der Waals surface area contributed by atoms with Crippen LogP contribution >= 0.6 is 0 Å². The molecule has 0 aliphatic heterocycles. The molecule has 0 bridgehead atoms. The van der Waals surface area contributed by atoms with E-state index in [-0.39, 0.29) is 12.2 Å². The van der Waals surface area contributed by atoms with Crippen molar-refractivity contribution in [1.82, 2.24) is 4.90 Å². The van der Waals surface area contributed by atoms with Crippen LogP contribution in [0, 0.1) is 0 Å². The van der Waals surface area contributed by atoms with Crippen molar-refractivity contribution >= 4 is 6.09 Å². The molecule has 3 rings (SSSR count). The average molecular weight is 554 g/mol. The van der Waals surface area contributed by atoms with Crippen molar-refractivity contribution in [2.24, 2.45) is 0 Å². The molecule has 6 nitrogen and oxygen atoms in total. The fourth-order valence-electron chi connectivity index (χ4n) is 5.24. The summed E-state index contributed by atoms with van der Waals surface area (Å²) in [7, 11) is 1.78. The molecule has 2 aromatic carbocycles. The van der Waals surface area contributed by atoms with E-state index in [0.29, 0.717) is 32.7 Å². The highest BCUT2D eigenvalue weighted by atomic mass is 16.6. The van der Waals surface area contributed by atoms with E-state index in [1.54, 1.807) is 11.9 Å². The van der Waals surface area contributed by atoms with Gasteiger partial charge in [-0.15, -0.1) is 0 Å². The van der Waals surface area contributed by atoms with E-state index >= 15 is 0 Å². The number of carbonyl (C=O) groups is 1. The summed E-state index contributed by atoms with van der Waals surface area (Å²) < 4.78 is 25.5. The lowest BCUT2D eigenvalue weighted by atomic mass is 10.1. The van der Waals surface area contributed by atoms with Gasteiger partial charge >= 0.3 is 6.09 Å². The molecule has 0 radical (unpaired) electrons. The van der Waals surface area contributed by atoms with Crippen LogP contribution in [-0.4, -0.2) is 48.2 Å². The summed E-state index contributed by atoms with van der Waals surface area (Å²) in [6, 6.07) is 20.3. The summed E-state index contributed by atoms with van der Waals surface area (Å²) in [6.07, 6.45) is 8.60. The largest absolute Gasteiger partial charge is 0.444 e. The van der Waals surface area contributed by atoms with Gasteiger partial charge in [-0.25, -0.2) is 4.79 Å². The maximum atomic E-state index is 13.4. The third-order valence-electron chi connectivity index (χ3n) is 7.46. The zero-order chi connectivity index (χ0) is 28.8. The normalized spacial score (nSPS) is 20.9. The second-order valence-electron chi connectivity index (χ2n) is 12.0. The minimum atomic E-state index is -0.985. The summed E-state index contributed by atoms with van der Waals surface area (Å²) >= 11 is 0. The van der Waals surface area contributed by atoms with Crippen molar-refractivity contribution < 1.29 is 23.7 Å². The highest BCUT2D eigenvalue weighted by Crippen LogP contribution is 2.41. The number of likely N-dealkylation sites (N-methyl/N-ethyl adjacent to an activating group) is 1. The first-order valence-corrected chi connectivity index (χ1v) is 15.2. The highest BCUT2D eigenvalue weighted by Gasteiger charge is 2.55. The Hall–Kier alpha value is -2.41. The Morgan fingerprint density at radius 3 is 1.98 bits per heavy atom. The molecule has 0 aromatic heterocycles. The van der Waals surface area contributed by atoms with Crippen LogP contribution in [0.1, 0.15) is 96.6 Å². The van der Waals surface area contributed by atoms with Gasteiger partial charge in [0.2, 0.25) is 0 Å². The zero-order valence-electron chi connectivity index (χ0n) is 25.4. The van der Waals surface area contributed by atoms with Gasteiger partial charge in [0, 0.05) is 26.5 Å². The SMILES string of the molecule is CCCCCCCCCO[C@@]1(N(C)C(=O)OC(C)(C)C)C[C@@H](OCc2ccccc2)C[C@H]1OCc1ccccc1. The number of unbranched alkanes of at least 4 members (excludes halogenated alkanes) is 6. The van der Waals surface area contributed by atoms with E-state index in [9.17, 15) is 4.79 Å². The fourth-order valence-corrected chi connectivity index (χ4v) is 5.24. The van der Waals surface area contributed by atoms with E-state index in [0.717, 1.165) is 24.0 Å². The maximum absolute atomic E-state index is 13.4. The number of hydrogen-bond acceptors (Lipinski definition) is 5. The van der Waals surface area contributed by atoms with Crippen LogP contribution in [0.4, 0.5) is 4.79 Å². The van der Waals surface area contributed by atoms with Gasteiger partial charge in [-0.05, 0) is 38.3 Å². The lowest BCUT2D eigenvalue weighted by Gasteiger charge is -2.42. The van der Waals surface area contributed by atoms with Gasteiger partial charge in [0.1, 0.15) is 11.7 Å². The standard InChI is InChI=1S/C34H51NO5/c1-6-7-8-9-10-11-18-23-39-34(35(5)32(36)40-33(2,3)4)25-30(37-26-28-19-14-12-15-20-28)24-31(34)38-27-29-21-16-13-17-22-29/h12-17,19-22,30-31H,6-11,18,23-27H2,1-5H3/t30-,31+,34-/m0/s1. The predicted octanol–water partition coefficient (Wildman–Crippen LogP) is 8.28. The molecular weight excluding hydrogens is 502 g/mol. The van der Waals surface area contributed by atoms with Gasteiger partial charge in [-0.1, -0.05) is 106 Å². The van der Waals surface area contributed by atoms with Crippen LogP contribution in [0.2, 0.25) is 0 Å². The number of benzene rings is 2.